The highest BCUT2D eigenvalue weighted by Gasteiger charge is 2.32. The normalized spacial score (nSPS) is 17.8. The summed E-state index contributed by atoms with van der Waals surface area (Å²) in [6.45, 7) is 4.56. The fourth-order valence-electron chi connectivity index (χ4n) is 3.72. The lowest BCUT2D eigenvalue weighted by Gasteiger charge is -2.31. The summed E-state index contributed by atoms with van der Waals surface area (Å²) in [4.78, 5) is 12.9. The molecule has 1 aliphatic heterocycles. The number of aryl methyl sites for hydroxylation is 2. The number of amides is 1. The van der Waals surface area contributed by atoms with E-state index >= 15 is 0 Å². The van der Waals surface area contributed by atoms with Crippen LogP contribution < -0.4 is 5.32 Å². The second-order valence-electron chi connectivity index (χ2n) is 7.53. The first kappa shape index (κ1) is 21.5. The van der Waals surface area contributed by atoms with Crippen molar-refractivity contribution >= 4 is 21.6 Å². The molecule has 0 aromatic heterocycles. The maximum atomic E-state index is 13.1. The Morgan fingerprint density at radius 1 is 1.21 bits per heavy atom. The third-order valence-electron chi connectivity index (χ3n) is 5.40. The lowest BCUT2D eigenvalue weighted by Crippen LogP contribution is -2.44. The molecule has 0 saturated carbocycles. The average Bonchev–Trinajstić information content (AvgIpc) is 2.71. The van der Waals surface area contributed by atoms with E-state index in [1.807, 2.05) is 32.0 Å². The van der Waals surface area contributed by atoms with Crippen molar-refractivity contribution in [2.24, 2.45) is 5.92 Å². The van der Waals surface area contributed by atoms with E-state index in [-0.39, 0.29) is 18.2 Å². The molecule has 1 fully saturated rings. The van der Waals surface area contributed by atoms with Crippen LogP contribution in [0.25, 0.3) is 0 Å². The third kappa shape index (κ3) is 5.22. The Hall–Kier alpha value is -2.25. The highest BCUT2D eigenvalue weighted by Crippen LogP contribution is 2.26. The number of nitrogens with one attached hydrogen (secondary N) is 1. The summed E-state index contributed by atoms with van der Waals surface area (Å²) in [6, 6.07) is 11.4. The van der Waals surface area contributed by atoms with Crippen LogP contribution in [-0.4, -0.2) is 31.7 Å². The van der Waals surface area contributed by atoms with Crippen molar-refractivity contribution in [3.05, 3.63) is 65.0 Å². The van der Waals surface area contributed by atoms with Crippen LogP contribution in [0.3, 0.4) is 0 Å². The van der Waals surface area contributed by atoms with Gasteiger partial charge in [0, 0.05) is 18.8 Å². The van der Waals surface area contributed by atoms with E-state index in [2.05, 4.69) is 5.32 Å². The number of piperidine rings is 1. The summed E-state index contributed by atoms with van der Waals surface area (Å²) in [5, 5.41) is 3.03. The van der Waals surface area contributed by atoms with Crippen LogP contribution in [-0.2, 0) is 27.0 Å². The van der Waals surface area contributed by atoms with Crippen LogP contribution in [0.1, 0.15) is 36.5 Å². The molecule has 0 aliphatic carbocycles. The molecule has 5 nitrogen and oxygen atoms in total. The first-order valence-corrected chi connectivity index (χ1v) is 11.5. The minimum atomic E-state index is -3.58. The van der Waals surface area contributed by atoms with Crippen LogP contribution in [0, 0.1) is 18.7 Å². The molecule has 1 N–H and O–H groups in total. The zero-order chi connectivity index (χ0) is 21.0. The van der Waals surface area contributed by atoms with Gasteiger partial charge in [-0.2, -0.15) is 0 Å². The fourth-order valence-corrected chi connectivity index (χ4v) is 5.33. The molecule has 1 atom stereocenters. The van der Waals surface area contributed by atoms with E-state index in [0.717, 1.165) is 23.2 Å². The first-order valence-electron chi connectivity index (χ1n) is 9.91. The highest BCUT2D eigenvalue weighted by molar-refractivity contribution is 7.88. The molecule has 0 radical (unpaired) electrons. The van der Waals surface area contributed by atoms with Gasteiger partial charge in [0.05, 0.1) is 11.7 Å². The maximum absolute atomic E-state index is 13.1. The standard InChI is InChI=1S/C22H27FN2O3S/c1-3-18-7-4-6-16(2)21(18)24-22(26)19-8-5-13-25(14-19)29(27,28)15-17-9-11-20(23)12-10-17/h4,6-7,9-12,19H,3,5,8,13-15H2,1-2H3,(H,24,26)/t19-/m0/s1. The zero-order valence-corrected chi connectivity index (χ0v) is 17.6. The number of halogens is 1. The highest BCUT2D eigenvalue weighted by atomic mass is 32.2. The van der Waals surface area contributed by atoms with Gasteiger partial charge in [0.2, 0.25) is 15.9 Å². The maximum Gasteiger partial charge on any atom is 0.228 e. The number of nitrogens with zero attached hydrogens (tertiary/aromatic N) is 1. The quantitative estimate of drug-likeness (QED) is 0.774. The molecule has 1 saturated heterocycles. The van der Waals surface area contributed by atoms with Crippen molar-refractivity contribution in [2.75, 3.05) is 18.4 Å². The van der Waals surface area contributed by atoms with Crippen molar-refractivity contribution < 1.29 is 17.6 Å². The molecule has 156 valence electrons. The minimum Gasteiger partial charge on any atom is -0.325 e. The van der Waals surface area contributed by atoms with E-state index < -0.39 is 21.8 Å². The van der Waals surface area contributed by atoms with Gasteiger partial charge < -0.3 is 5.32 Å². The van der Waals surface area contributed by atoms with E-state index in [0.29, 0.717) is 24.9 Å². The fraction of sp³-hybridized carbons (Fsp3) is 0.409. The lowest BCUT2D eigenvalue weighted by molar-refractivity contribution is -0.120. The molecule has 1 amide bonds. The summed E-state index contributed by atoms with van der Waals surface area (Å²) >= 11 is 0. The lowest BCUT2D eigenvalue weighted by atomic mass is 9.98. The third-order valence-corrected chi connectivity index (χ3v) is 7.22. The van der Waals surface area contributed by atoms with E-state index in [4.69, 9.17) is 0 Å². The van der Waals surface area contributed by atoms with Gasteiger partial charge in [-0.05, 0) is 55.0 Å². The molecule has 3 rings (SSSR count). The molecule has 7 heteroatoms. The van der Waals surface area contributed by atoms with E-state index in [1.165, 1.54) is 28.6 Å². The van der Waals surface area contributed by atoms with Crippen molar-refractivity contribution in [3.8, 4) is 0 Å². The van der Waals surface area contributed by atoms with Gasteiger partial charge in [-0.15, -0.1) is 0 Å². The number of rotatable bonds is 6. The molecule has 0 bridgehead atoms. The van der Waals surface area contributed by atoms with Crippen LogP contribution in [0.5, 0.6) is 0 Å². The largest absolute Gasteiger partial charge is 0.325 e. The van der Waals surface area contributed by atoms with Gasteiger partial charge in [-0.3, -0.25) is 4.79 Å². The average molecular weight is 419 g/mol. The Labute approximate surface area is 172 Å². The number of carbonyl (C=O) groups is 1. The second-order valence-corrected chi connectivity index (χ2v) is 9.50. The summed E-state index contributed by atoms with van der Waals surface area (Å²) in [5.74, 6) is -1.13. The molecule has 2 aromatic rings. The van der Waals surface area contributed by atoms with Crippen LogP contribution >= 0.6 is 0 Å². The topological polar surface area (TPSA) is 66.5 Å². The number of hydrogen-bond donors (Lipinski definition) is 1. The first-order chi connectivity index (χ1) is 13.8. The van der Waals surface area contributed by atoms with Crippen molar-refractivity contribution in [3.63, 3.8) is 0 Å². The molecule has 1 heterocycles. The summed E-state index contributed by atoms with van der Waals surface area (Å²) < 4.78 is 40.1. The second kappa shape index (κ2) is 9.05. The molecular formula is C22H27FN2O3S. The molecule has 0 unspecified atom stereocenters. The van der Waals surface area contributed by atoms with Gasteiger partial charge >= 0.3 is 0 Å². The molecular weight excluding hydrogens is 391 g/mol. The van der Waals surface area contributed by atoms with Gasteiger partial charge in [-0.1, -0.05) is 37.3 Å². The minimum absolute atomic E-state index is 0.143. The van der Waals surface area contributed by atoms with Crippen molar-refractivity contribution in [1.82, 2.24) is 4.31 Å². The summed E-state index contributed by atoms with van der Waals surface area (Å²) in [5.41, 5.74) is 3.42. The van der Waals surface area contributed by atoms with E-state index in [1.54, 1.807) is 0 Å². The Bertz CT molecular complexity index is 974. The molecule has 0 spiro atoms. The summed E-state index contributed by atoms with van der Waals surface area (Å²) in [6.07, 6.45) is 2.09. The van der Waals surface area contributed by atoms with E-state index in [9.17, 15) is 17.6 Å². The van der Waals surface area contributed by atoms with Crippen LogP contribution in [0.15, 0.2) is 42.5 Å². The Morgan fingerprint density at radius 2 is 1.93 bits per heavy atom. The number of anilines is 1. The monoisotopic (exact) mass is 418 g/mol. The Morgan fingerprint density at radius 3 is 2.62 bits per heavy atom. The molecule has 2 aromatic carbocycles. The molecule has 1 aliphatic rings. The Kier molecular flexibility index (Phi) is 6.70. The number of para-hydroxylation sites is 1. The van der Waals surface area contributed by atoms with Crippen molar-refractivity contribution in [1.29, 1.82) is 0 Å². The number of sulfonamides is 1. The smallest absolute Gasteiger partial charge is 0.228 e. The Balaban J connectivity index is 1.70. The van der Waals surface area contributed by atoms with Gasteiger partial charge in [0.1, 0.15) is 5.82 Å². The number of benzene rings is 2. The van der Waals surface area contributed by atoms with Crippen LogP contribution in [0.2, 0.25) is 0 Å². The number of carbonyl (C=O) groups excluding carboxylic acids is 1. The van der Waals surface area contributed by atoms with Gasteiger partial charge in [0.25, 0.3) is 0 Å². The predicted octanol–water partition coefficient (Wildman–Crippen LogP) is 3.88. The van der Waals surface area contributed by atoms with Gasteiger partial charge in [-0.25, -0.2) is 17.1 Å². The van der Waals surface area contributed by atoms with Crippen LogP contribution in [0.4, 0.5) is 10.1 Å². The summed E-state index contributed by atoms with van der Waals surface area (Å²) in [7, 11) is -3.58. The molecule has 29 heavy (non-hydrogen) atoms. The zero-order valence-electron chi connectivity index (χ0n) is 16.8. The predicted molar refractivity (Wildman–Crippen MR) is 113 cm³/mol. The van der Waals surface area contributed by atoms with Crippen molar-refractivity contribution in [2.45, 2.75) is 38.9 Å². The van der Waals surface area contributed by atoms with Gasteiger partial charge in [0.15, 0.2) is 0 Å². The number of hydrogen-bond acceptors (Lipinski definition) is 3. The SMILES string of the molecule is CCc1cccc(C)c1NC(=O)[C@H]1CCCN(S(=O)(=O)Cc2ccc(F)cc2)C1.